The summed E-state index contributed by atoms with van der Waals surface area (Å²) < 4.78 is 6.33. The molecule has 0 aliphatic rings. The normalized spacial score (nSPS) is 12.0. The Morgan fingerprint density at radius 2 is 0.778 bits per heavy atom. The van der Waals surface area contributed by atoms with Crippen molar-refractivity contribution in [3.8, 4) is 55.6 Å². The van der Waals surface area contributed by atoms with Gasteiger partial charge in [0.05, 0.1) is 5.69 Å². The Morgan fingerprint density at radius 3 is 1.44 bits per heavy atom. The molecule has 0 spiro atoms. The number of benzene rings is 11. The highest BCUT2D eigenvalue weighted by Gasteiger charge is 2.24. The predicted molar refractivity (Wildman–Crippen MR) is 308 cm³/mol. The van der Waals surface area contributed by atoms with Crippen molar-refractivity contribution in [2.75, 3.05) is 4.90 Å². The number of hydrogen-bond acceptors (Lipinski definition) is 2. The Balaban J connectivity index is 0.983. The Kier molecular flexibility index (Phi) is 11.0. The van der Waals surface area contributed by atoms with E-state index in [9.17, 15) is 0 Å². The lowest BCUT2D eigenvalue weighted by Gasteiger charge is -2.29. The van der Waals surface area contributed by atoms with Gasteiger partial charge in [-0.25, -0.2) is 0 Å². The Morgan fingerprint density at radius 1 is 0.306 bits per heavy atom. The molecule has 0 aliphatic carbocycles. The molecule has 0 saturated heterocycles. The zero-order valence-electron chi connectivity index (χ0n) is 41.9. The van der Waals surface area contributed by atoms with E-state index in [0.717, 1.165) is 55.7 Å². The molecule has 1 heterocycles. The molecule has 11 aromatic carbocycles. The Hall–Kier alpha value is -8.46. The SMILES string of the molecule is CC(C)(C)c1cc(-c2cccc3cccc(-c4ccccc4N(c4ccc(-c5ccc(-c6cccc7ccccc67)cc5)cc4)c4ccc(-c5ccc6c(c5)oc5ccccc56)cc4)c23)cc(C(C)(C)C)c1. The van der Waals surface area contributed by atoms with E-state index in [-0.39, 0.29) is 10.8 Å². The monoisotopic (exact) mass is 927 g/mol. The van der Waals surface area contributed by atoms with Crippen LogP contribution < -0.4 is 4.90 Å². The summed E-state index contributed by atoms with van der Waals surface area (Å²) in [7, 11) is 0. The van der Waals surface area contributed by atoms with Gasteiger partial charge in [-0.1, -0.05) is 230 Å². The lowest BCUT2D eigenvalue weighted by atomic mass is 9.78. The van der Waals surface area contributed by atoms with Gasteiger partial charge in [-0.15, -0.1) is 0 Å². The van der Waals surface area contributed by atoms with Crippen LogP contribution in [0.1, 0.15) is 52.7 Å². The van der Waals surface area contributed by atoms with E-state index in [1.807, 2.05) is 12.1 Å². The third kappa shape index (κ3) is 8.23. The minimum atomic E-state index is -0.0112. The van der Waals surface area contributed by atoms with Gasteiger partial charge in [-0.2, -0.15) is 0 Å². The summed E-state index contributed by atoms with van der Waals surface area (Å²) in [4.78, 5) is 2.42. The van der Waals surface area contributed by atoms with E-state index in [1.54, 1.807) is 0 Å². The van der Waals surface area contributed by atoms with Gasteiger partial charge in [0.15, 0.2) is 0 Å². The molecular formula is C70H57NO. The van der Waals surface area contributed by atoms with Crippen LogP contribution in [0.2, 0.25) is 0 Å². The van der Waals surface area contributed by atoms with Crippen molar-refractivity contribution in [3.05, 3.63) is 248 Å². The second-order valence-corrected chi connectivity index (χ2v) is 21.4. The average molecular weight is 928 g/mol. The maximum Gasteiger partial charge on any atom is 0.136 e. The largest absolute Gasteiger partial charge is 0.456 e. The summed E-state index contributed by atoms with van der Waals surface area (Å²) in [5, 5.41) is 7.25. The van der Waals surface area contributed by atoms with Crippen molar-refractivity contribution in [3.63, 3.8) is 0 Å². The number of rotatable bonds is 8. The average Bonchev–Trinajstić information content (AvgIpc) is 3.78. The smallest absolute Gasteiger partial charge is 0.136 e. The molecule has 0 radical (unpaired) electrons. The quantitative estimate of drug-likeness (QED) is 0.151. The maximum absolute atomic E-state index is 6.33. The number of furan rings is 1. The molecule has 1 aromatic heterocycles. The van der Waals surface area contributed by atoms with Gasteiger partial charge in [-0.3, -0.25) is 0 Å². The standard InChI is InChI=1S/C70H57NO/c1-69(2,3)54-42-53(43-55(45-54)70(4,5)6)60-24-14-18-51-19-15-25-64(68(51)60)61-21-9-11-26-65(61)71(57-39-34-48(35-40-57)52-36-41-63-62-22-10-12-27-66(62)72-67(63)44-52)56-37-32-47(33-38-56)46-28-30-50(31-29-46)59-23-13-17-49-16-7-8-20-58(49)59/h7-45H,1-6H3. The lowest BCUT2D eigenvalue weighted by Crippen LogP contribution is -2.16. The van der Waals surface area contributed by atoms with Crippen LogP contribution >= 0.6 is 0 Å². The molecule has 0 unspecified atom stereocenters. The first-order valence-corrected chi connectivity index (χ1v) is 25.2. The van der Waals surface area contributed by atoms with Crippen molar-refractivity contribution < 1.29 is 4.42 Å². The molecule has 0 fully saturated rings. The molecule has 348 valence electrons. The van der Waals surface area contributed by atoms with E-state index in [4.69, 9.17) is 4.42 Å². The van der Waals surface area contributed by atoms with Crippen LogP contribution in [0.25, 0.3) is 99.1 Å². The zero-order chi connectivity index (χ0) is 49.1. The minimum Gasteiger partial charge on any atom is -0.456 e. The molecule has 0 bridgehead atoms. The second-order valence-electron chi connectivity index (χ2n) is 21.4. The highest BCUT2D eigenvalue weighted by Crippen LogP contribution is 2.46. The highest BCUT2D eigenvalue weighted by molar-refractivity contribution is 6.09. The van der Waals surface area contributed by atoms with Crippen molar-refractivity contribution in [1.82, 2.24) is 0 Å². The zero-order valence-corrected chi connectivity index (χ0v) is 41.9. The summed E-state index contributed by atoms with van der Waals surface area (Å²) in [6.45, 7) is 13.9. The topological polar surface area (TPSA) is 16.4 Å². The number of anilines is 3. The fourth-order valence-corrected chi connectivity index (χ4v) is 10.6. The number of hydrogen-bond donors (Lipinski definition) is 0. The van der Waals surface area contributed by atoms with E-state index < -0.39 is 0 Å². The maximum atomic E-state index is 6.33. The van der Waals surface area contributed by atoms with Crippen molar-refractivity contribution in [2.24, 2.45) is 0 Å². The van der Waals surface area contributed by atoms with Gasteiger partial charge in [0.1, 0.15) is 11.2 Å². The Labute approximate surface area is 423 Å². The summed E-state index contributed by atoms with van der Waals surface area (Å²) in [5.74, 6) is 0. The van der Waals surface area contributed by atoms with Gasteiger partial charge < -0.3 is 9.32 Å². The van der Waals surface area contributed by atoms with E-state index in [0.29, 0.717) is 0 Å². The van der Waals surface area contributed by atoms with Gasteiger partial charge in [0.2, 0.25) is 0 Å². The van der Waals surface area contributed by atoms with Crippen molar-refractivity contribution >= 4 is 60.5 Å². The van der Waals surface area contributed by atoms with Gasteiger partial charge in [0, 0.05) is 27.7 Å². The van der Waals surface area contributed by atoms with Gasteiger partial charge in [-0.05, 0) is 142 Å². The van der Waals surface area contributed by atoms with Crippen LogP contribution in [0.4, 0.5) is 17.1 Å². The van der Waals surface area contributed by atoms with Crippen LogP contribution in [-0.2, 0) is 10.8 Å². The first-order valence-electron chi connectivity index (χ1n) is 25.2. The fraction of sp³-hybridized carbons (Fsp3) is 0.114. The molecular weight excluding hydrogens is 871 g/mol. The summed E-state index contributed by atoms with van der Waals surface area (Å²) >= 11 is 0. The molecule has 72 heavy (non-hydrogen) atoms. The molecule has 12 rings (SSSR count). The van der Waals surface area contributed by atoms with Gasteiger partial charge >= 0.3 is 0 Å². The molecule has 0 atom stereocenters. The highest BCUT2D eigenvalue weighted by atomic mass is 16.3. The predicted octanol–water partition coefficient (Wildman–Crippen LogP) is 20.3. The summed E-state index contributed by atoms with van der Waals surface area (Å²) in [6.07, 6.45) is 0. The minimum absolute atomic E-state index is 0.0112. The molecule has 2 nitrogen and oxygen atoms in total. The van der Waals surface area contributed by atoms with Crippen LogP contribution in [-0.4, -0.2) is 0 Å². The number of para-hydroxylation sites is 2. The number of fused-ring (bicyclic) bond motifs is 5. The van der Waals surface area contributed by atoms with Crippen molar-refractivity contribution in [2.45, 2.75) is 52.4 Å². The Bertz CT molecular complexity index is 3930. The molecule has 0 aliphatic heterocycles. The first kappa shape index (κ1) is 44.7. The second kappa shape index (κ2) is 17.7. The first-order chi connectivity index (χ1) is 34.9. The van der Waals surface area contributed by atoms with Crippen LogP contribution in [0.15, 0.2) is 241 Å². The molecule has 2 heteroatoms. The van der Waals surface area contributed by atoms with E-state index in [2.05, 4.69) is 271 Å². The van der Waals surface area contributed by atoms with Crippen LogP contribution in [0.5, 0.6) is 0 Å². The molecule has 0 saturated carbocycles. The molecule has 0 amide bonds. The fourth-order valence-electron chi connectivity index (χ4n) is 10.6. The lowest BCUT2D eigenvalue weighted by molar-refractivity contribution is 0.569. The number of nitrogens with zero attached hydrogens (tertiary/aromatic N) is 1. The van der Waals surface area contributed by atoms with Crippen LogP contribution in [0, 0.1) is 0 Å². The molecule has 0 N–H and O–H groups in total. The van der Waals surface area contributed by atoms with E-state index in [1.165, 1.54) is 71.6 Å². The summed E-state index contributed by atoms with van der Waals surface area (Å²) in [5.41, 5.74) is 19.6. The summed E-state index contributed by atoms with van der Waals surface area (Å²) in [6, 6.07) is 86.8. The van der Waals surface area contributed by atoms with Crippen molar-refractivity contribution in [1.29, 1.82) is 0 Å². The van der Waals surface area contributed by atoms with E-state index >= 15 is 0 Å². The third-order valence-corrected chi connectivity index (χ3v) is 14.6. The third-order valence-electron chi connectivity index (χ3n) is 14.6. The van der Waals surface area contributed by atoms with Crippen LogP contribution in [0.3, 0.4) is 0 Å². The molecule has 12 aromatic rings. The van der Waals surface area contributed by atoms with Gasteiger partial charge in [0.25, 0.3) is 0 Å².